The first-order valence-electron chi connectivity index (χ1n) is 7.77. The van der Waals surface area contributed by atoms with Crippen molar-refractivity contribution in [2.75, 3.05) is 6.54 Å². The monoisotopic (exact) mass is 382 g/mol. The molecule has 11 heteroatoms. The van der Waals surface area contributed by atoms with E-state index in [1.165, 1.54) is 16.2 Å². The number of nitrogens with one attached hydrogen (secondary N) is 1. The lowest BCUT2D eigenvalue weighted by Crippen LogP contribution is -2.42. The third kappa shape index (κ3) is 2.68. The standard InChI is InChI=1S/C15H13F3N6OS/c1-8-12-21-22-14(15(16,17)18)24(12)5-4-23(8)13(25)10-7-9(19-20-10)11-3-2-6-26-11/h2-3,6-8H,4-5H2,1H3,(H,19,20). The number of rotatable bonds is 2. The number of thiophene rings is 1. The maximum absolute atomic E-state index is 13.0. The van der Waals surface area contributed by atoms with Crippen molar-refractivity contribution >= 4 is 17.2 Å². The van der Waals surface area contributed by atoms with Crippen LogP contribution in [0.2, 0.25) is 0 Å². The van der Waals surface area contributed by atoms with Crippen LogP contribution in [0.4, 0.5) is 13.2 Å². The zero-order valence-corrected chi connectivity index (χ0v) is 14.3. The number of aromatic nitrogens is 5. The van der Waals surface area contributed by atoms with E-state index >= 15 is 0 Å². The number of fused-ring (bicyclic) bond motifs is 1. The third-order valence-corrected chi connectivity index (χ3v) is 5.19. The summed E-state index contributed by atoms with van der Waals surface area (Å²) in [7, 11) is 0. The average Bonchev–Trinajstić information content (AvgIpc) is 3.32. The molecule has 7 nitrogen and oxygen atoms in total. The fourth-order valence-corrected chi connectivity index (χ4v) is 3.70. The second-order valence-electron chi connectivity index (χ2n) is 5.85. The molecule has 0 bridgehead atoms. The first kappa shape index (κ1) is 16.8. The van der Waals surface area contributed by atoms with Gasteiger partial charge in [0.05, 0.1) is 16.6 Å². The van der Waals surface area contributed by atoms with Crippen molar-refractivity contribution in [2.45, 2.75) is 25.7 Å². The molecule has 26 heavy (non-hydrogen) atoms. The van der Waals surface area contributed by atoms with Crippen molar-refractivity contribution in [3.8, 4) is 10.6 Å². The highest BCUT2D eigenvalue weighted by Crippen LogP contribution is 2.33. The summed E-state index contributed by atoms with van der Waals surface area (Å²) in [6, 6.07) is 4.79. The molecule has 0 fully saturated rings. The molecule has 1 amide bonds. The predicted molar refractivity (Wildman–Crippen MR) is 86.4 cm³/mol. The molecule has 0 saturated heterocycles. The molecule has 4 heterocycles. The van der Waals surface area contributed by atoms with Gasteiger partial charge in [-0.05, 0) is 24.4 Å². The number of alkyl halides is 3. The van der Waals surface area contributed by atoms with E-state index in [0.717, 1.165) is 15.1 Å². The van der Waals surface area contributed by atoms with Crippen LogP contribution >= 0.6 is 11.3 Å². The molecule has 1 unspecified atom stereocenters. The van der Waals surface area contributed by atoms with Gasteiger partial charge in [-0.1, -0.05) is 6.07 Å². The molecule has 1 aliphatic heterocycles. The van der Waals surface area contributed by atoms with E-state index in [-0.39, 0.29) is 30.5 Å². The van der Waals surface area contributed by atoms with Gasteiger partial charge in [0.2, 0.25) is 5.82 Å². The van der Waals surface area contributed by atoms with Crippen LogP contribution in [0.15, 0.2) is 23.6 Å². The maximum atomic E-state index is 13.0. The van der Waals surface area contributed by atoms with Gasteiger partial charge in [0.15, 0.2) is 11.5 Å². The van der Waals surface area contributed by atoms with E-state index in [2.05, 4.69) is 20.4 Å². The van der Waals surface area contributed by atoms with Gasteiger partial charge in [0, 0.05) is 13.1 Å². The predicted octanol–water partition coefficient (Wildman–Crippen LogP) is 2.97. The Labute approximate surface area is 149 Å². The Morgan fingerprint density at radius 2 is 2.15 bits per heavy atom. The molecule has 3 aromatic rings. The van der Waals surface area contributed by atoms with E-state index in [0.29, 0.717) is 0 Å². The van der Waals surface area contributed by atoms with Gasteiger partial charge in [0.1, 0.15) is 0 Å². The number of hydrogen-bond donors (Lipinski definition) is 1. The summed E-state index contributed by atoms with van der Waals surface area (Å²) in [6.07, 6.45) is -4.57. The van der Waals surface area contributed by atoms with Crippen molar-refractivity contribution in [3.05, 3.63) is 40.9 Å². The van der Waals surface area contributed by atoms with Gasteiger partial charge >= 0.3 is 6.18 Å². The zero-order valence-electron chi connectivity index (χ0n) is 13.5. The Bertz CT molecular complexity index is 945. The van der Waals surface area contributed by atoms with Crippen molar-refractivity contribution in [1.82, 2.24) is 29.9 Å². The second kappa shape index (κ2) is 5.94. The molecule has 0 saturated carbocycles. The van der Waals surface area contributed by atoms with E-state index in [1.807, 2.05) is 17.5 Å². The van der Waals surface area contributed by atoms with Crippen molar-refractivity contribution in [1.29, 1.82) is 0 Å². The lowest BCUT2D eigenvalue weighted by Gasteiger charge is -2.33. The van der Waals surface area contributed by atoms with Crippen molar-refractivity contribution < 1.29 is 18.0 Å². The minimum absolute atomic E-state index is 0.0184. The summed E-state index contributed by atoms with van der Waals surface area (Å²) in [4.78, 5) is 15.2. The van der Waals surface area contributed by atoms with Crippen LogP contribution in [-0.2, 0) is 12.7 Å². The third-order valence-electron chi connectivity index (χ3n) is 4.28. The van der Waals surface area contributed by atoms with E-state index in [4.69, 9.17) is 0 Å². The lowest BCUT2D eigenvalue weighted by molar-refractivity contribution is -0.148. The molecule has 0 aliphatic carbocycles. The van der Waals surface area contributed by atoms with E-state index in [1.54, 1.807) is 13.0 Å². The van der Waals surface area contributed by atoms with Crippen LogP contribution < -0.4 is 0 Å². The zero-order chi connectivity index (χ0) is 18.5. The summed E-state index contributed by atoms with van der Waals surface area (Å²) < 4.78 is 40.0. The number of amides is 1. The summed E-state index contributed by atoms with van der Waals surface area (Å²) in [5.74, 6) is -1.28. The SMILES string of the molecule is CC1c2nnc(C(F)(F)F)n2CCN1C(=O)c1cc(-c2cccs2)[nH]n1. The summed E-state index contributed by atoms with van der Waals surface area (Å²) in [5.41, 5.74) is 0.930. The highest BCUT2D eigenvalue weighted by molar-refractivity contribution is 7.13. The van der Waals surface area contributed by atoms with Gasteiger partial charge in [-0.25, -0.2) is 0 Å². The normalized spacial score (nSPS) is 17.4. The molecular weight excluding hydrogens is 369 g/mol. The van der Waals surface area contributed by atoms with Crippen molar-refractivity contribution in [2.24, 2.45) is 0 Å². The number of H-pyrrole nitrogens is 1. The quantitative estimate of drug-likeness (QED) is 0.739. The number of hydrogen-bond acceptors (Lipinski definition) is 5. The molecule has 1 N–H and O–H groups in total. The van der Waals surface area contributed by atoms with Gasteiger partial charge in [0.25, 0.3) is 5.91 Å². The molecule has 1 atom stereocenters. The fourth-order valence-electron chi connectivity index (χ4n) is 3.01. The molecule has 4 rings (SSSR count). The van der Waals surface area contributed by atoms with Crippen LogP contribution in [0.3, 0.4) is 0 Å². The van der Waals surface area contributed by atoms with Crippen LogP contribution in [0.5, 0.6) is 0 Å². The molecule has 0 radical (unpaired) electrons. The topological polar surface area (TPSA) is 79.7 Å². The molecular formula is C15H13F3N6OS. The Balaban J connectivity index is 1.60. The van der Waals surface area contributed by atoms with Gasteiger partial charge < -0.3 is 9.47 Å². The number of nitrogens with zero attached hydrogens (tertiary/aromatic N) is 5. The Morgan fingerprint density at radius 3 is 2.85 bits per heavy atom. The minimum Gasteiger partial charge on any atom is -0.325 e. The van der Waals surface area contributed by atoms with Gasteiger partial charge in [-0.3, -0.25) is 9.89 Å². The lowest BCUT2D eigenvalue weighted by atomic mass is 10.2. The summed E-state index contributed by atoms with van der Waals surface area (Å²) in [6.45, 7) is 1.73. The first-order chi connectivity index (χ1) is 12.4. The molecule has 3 aromatic heterocycles. The summed E-state index contributed by atoms with van der Waals surface area (Å²) >= 11 is 1.51. The molecule has 1 aliphatic rings. The molecule has 0 aromatic carbocycles. The maximum Gasteiger partial charge on any atom is 0.451 e. The van der Waals surface area contributed by atoms with Crippen molar-refractivity contribution in [3.63, 3.8) is 0 Å². The summed E-state index contributed by atoms with van der Waals surface area (Å²) in [5, 5.41) is 15.7. The Morgan fingerprint density at radius 1 is 1.35 bits per heavy atom. The number of carbonyl (C=O) groups excluding carboxylic acids is 1. The minimum atomic E-state index is -4.57. The smallest absolute Gasteiger partial charge is 0.325 e. The van der Waals surface area contributed by atoms with Crippen LogP contribution in [-0.4, -0.2) is 42.3 Å². The Hall–Kier alpha value is -2.69. The van der Waals surface area contributed by atoms with Crippen LogP contribution in [0.25, 0.3) is 10.6 Å². The largest absolute Gasteiger partial charge is 0.451 e. The van der Waals surface area contributed by atoms with Crippen LogP contribution in [0, 0.1) is 0 Å². The Kier molecular flexibility index (Phi) is 3.83. The van der Waals surface area contributed by atoms with Gasteiger partial charge in [-0.2, -0.15) is 18.3 Å². The fraction of sp³-hybridized carbons (Fsp3) is 0.333. The highest BCUT2D eigenvalue weighted by Gasteiger charge is 2.42. The average molecular weight is 382 g/mol. The second-order valence-corrected chi connectivity index (χ2v) is 6.80. The number of aromatic amines is 1. The molecule has 0 spiro atoms. The number of carbonyl (C=O) groups is 1. The van der Waals surface area contributed by atoms with Crippen LogP contribution in [0.1, 0.15) is 35.1 Å². The van der Waals surface area contributed by atoms with E-state index < -0.39 is 18.0 Å². The highest BCUT2D eigenvalue weighted by atomic mass is 32.1. The van der Waals surface area contributed by atoms with Gasteiger partial charge in [-0.15, -0.1) is 21.5 Å². The number of halogens is 3. The molecule has 136 valence electrons. The first-order valence-corrected chi connectivity index (χ1v) is 8.65. The van der Waals surface area contributed by atoms with E-state index in [9.17, 15) is 18.0 Å².